The fourth-order valence-corrected chi connectivity index (χ4v) is 5.71. The molecule has 0 amide bonds. The first-order chi connectivity index (χ1) is 8.95. The molecule has 1 heterocycles. The van der Waals surface area contributed by atoms with Crippen molar-refractivity contribution in [3.05, 3.63) is 0 Å². The molecular weight excluding hydrogens is 252 g/mol. The Kier molecular flexibility index (Phi) is 3.40. The van der Waals surface area contributed by atoms with Gasteiger partial charge in [0.15, 0.2) is 5.17 Å². The van der Waals surface area contributed by atoms with Crippen LogP contribution < -0.4 is 5.32 Å². The molecule has 0 aromatic carbocycles. The molecule has 0 aromatic rings. The molecule has 3 rings (SSSR count). The molecule has 4 atom stereocenters. The maximum absolute atomic E-state index is 5.21. The van der Waals surface area contributed by atoms with Crippen LogP contribution in [-0.4, -0.2) is 23.0 Å². The Labute approximate surface area is 122 Å². The van der Waals surface area contributed by atoms with E-state index in [1.807, 2.05) is 11.8 Å². The lowest BCUT2D eigenvalue weighted by molar-refractivity contribution is 0.142. The number of rotatable bonds is 2. The third-order valence-corrected chi connectivity index (χ3v) is 6.90. The van der Waals surface area contributed by atoms with Crippen LogP contribution >= 0.6 is 11.8 Å². The van der Waals surface area contributed by atoms with Crippen LogP contribution in [-0.2, 0) is 0 Å². The average molecular weight is 280 g/mol. The lowest BCUT2D eigenvalue weighted by Crippen LogP contribution is -2.43. The monoisotopic (exact) mass is 280 g/mol. The maximum Gasteiger partial charge on any atom is 0.157 e. The molecule has 1 aliphatic heterocycles. The van der Waals surface area contributed by atoms with Crippen LogP contribution in [0.1, 0.15) is 59.8 Å². The van der Waals surface area contributed by atoms with Gasteiger partial charge >= 0.3 is 0 Å². The molecular formula is C16H28N2S. The quantitative estimate of drug-likeness (QED) is 0.825. The van der Waals surface area contributed by atoms with Gasteiger partial charge in [0.1, 0.15) is 0 Å². The molecule has 2 aliphatic carbocycles. The second kappa shape index (κ2) is 4.68. The summed E-state index contributed by atoms with van der Waals surface area (Å²) in [4.78, 5) is 5.21. The number of fused-ring (bicyclic) bond motifs is 2. The summed E-state index contributed by atoms with van der Waals surface area (Å²) < 4.78 is 0. The number of nitrogens with one attached hydrogen (secondary N) is 1. The molecule has 19 heavy (non-hydrogen) atoms. The average Bonchev–Trinajstić information content (AvgIpc) is 2.86. The van der Waals surface area contributed by atoms with Crippen LogP contribution in [0.25, 0.3) is 0 Å². The van der Waals surface area contributed by atoms with Crippen molar-refractivity contribution in [2.45, 2.75) is 71.9 Å². The van der Waals surface area contributed by atoms with Gasteiger partial charge < -0.3 is 5.32 Å². The standard InChI is InChI=1S/C16H28N2S/c1-5-12-7-9-19-14(17-12)18-13-15(2,3)11-6-8-16(13,4)10-11/h11-13H,5-10H2,1-4H3,(H,17,18). The Hall–Kier alpha value is -0.180. The van der Waals surface area contributed by atoms with Crippen LogP contribution in [0, 0.1) is 16.7 Å². The Morgan fingerprint density at radius 3 is 2.74 bits per heavy atom. The van der Waals surface area contributed by atoms with Crippen LogP contribution in [0.3, 0.4) is 0 Å². The summed E-state index contributed by atoms with van der Waals surface area (Å²) in [5, 5.41) is 4.88. The van der Waals surface area contributed by atoms with E-state index in [2.05, 4.69) is 33.0 Å². The van der Waals surface area contributed by atoms with E-state index >= 15 is 0 Å². The molecule has 4 unspecified atom stereocenters. The topological polar surface area (TPSA) is 24.4 Å². The van der Waals surface area contributed by atoms with Gasteiger partial charge in [-0.1, -0.05) is 39.5 Å². The molecule has 1 saturated heterocycles. The second-order valence-corrected chi connectivity index (χ2v) is 8.72. The summed E-state index contributed by atoms with van der Waals surface area (Å²) in [5.41, 5.74) is 0.851. The number of thioether (sulfide) groups is 1. The first-order valence-corrected chi connectivity index (χ1v) is 8.91. The zero-order chi connectivity index (χ0) is 13.7. The molecule has 0 radical (unpaired) electrons. The van der Waals surface area contributed by atoms with Gasteiger partial charge in [-0.3, -0.25) is 4.99 Å². The van der Waals surface area contributed by atoms with E-state index in [4.69, 9.17) is 4.99 Å². The highest BCUT2D eigenvalue weighted by Gasteiger charge is 2.59. The minimum Gasteiger partial charge on any atom is -0.362 e. The molecule has 2 bridgehead atoms. The van der Waals surface area contributed by atoms with Crippen molar-refractivity contribution in [2.24, 2.45) is 21.7 Å². The van der Waals surface area contributed by atoms with Crippen LogP contribution in [0.15, 0.2) is 4.99 Å². The van der Waals surface area contributed by atoms with Crippen LogP contribution in [0.4, 0.5) is 0 Å². The summed E-state index contributed by atoms with van der Waals surface area (Å²) in [7, 11) is 0. The molecule has 0 aromatic heterocycles. The smallest absolute Gasteiger partial charge is 0.157 e. The van der Waals surface area contributed by atoms with Crippen molar-refractivity contribution in [2.75, 3.05) is 5.75 Å². The maximum atomic E-state index is 5.21. The number of amidine groups is 1. The van der Waals surface area contributed by atoms with Gasteiger partial charge in [0.05, 0.1) is 6.04 Å². The van der Waals surface area contributed by atoms with Crippen molar-refractivity contribution in [1.29, 1.82) is 0 Å². The van der Waals surface area contributed by atoms with Gasteiger partial charge in [0, 0.05) is 11.8 Å². The minimum atomic E-state index is 0.390. The largest absolute Gasteiger partial charge is 0.362 e. The number of hydrogen-bond acceptors (Lipinski definition) is 2. The SMILES string of the molecule is CCC1CCSC(=NC2C3(C)CCC(C3)C2(C)C)N1. The molecule has 108 valence electrons. The van der Waals surface area contributed by atoms with Crippen molar-refractivity contribution in [3.8, 4) is 0 Å². The van der Waals surface area contributed by atoms with E-state index in [9.17, 15) is 0 Å². The summed E-state index contributed by atoms with van der Waals surface area (Å²) >= 11 is 1.93. The Morgan fingerprint density at radius 2 is 2.11 bits per heavy atom. The predicted octanol–water partition coefficient (Wildman–Crippen LogP) is 4.06. The zero-order valence-electron chi connectivity index (χ0n) is 12.8. The highest BCUT2D eigenvalue weighted by atomic mass is 32.2. The predicted molar refractivity (Wildman–Crippen MR) is 84.7 cm³/mol. The molecule has 1 N–H and O–H groups in total. The summed E-state index contributed by atoms with van der Waals surface area (Å²) in [6, 6.07) is 1.17. The minimum absolute atomic E-state index is 0.390. The first-order valence-electron chi connectivity index (χ1n) is 7.93. The van der Waals surface area contributed by atoms with Crippen molar-refractivity contribution < 1.29 is 0 Å². The van der Waals surface area contributed by atoms with E-state index in [0.717, 1.165) is 5.92 Å². The zero-order valence-corrected chi connectivity index (χ0v) is 13.6. The fourth-order valence-electron chi connectivity index (χ4n) is 4.68. The van der Waals surface area contributed by atoms with E-state index in [1.54, 1.807) is 0 Å². The van der Waals surface area contributed by atoms with Gasteiger partial charge in [-0.25, -0.2) is 0 Å². The van der Waals surface area contributed by atoms with Crippen molar-refractivity contribution in [1.82, 2.24) is 5.32 Å². The Balaban J connectivity index is 1.82. The van der Waals surface area contributed by atoms with Crippen molar-refractivity contribution >= 4 is 16.9 Å². The van der Waals surface area contributed by atoms with Gasteiger partial charge in [-0.05, 0) is 48.9 Å². The second-order valence-electron chi connectivity index (χ2n) is 7.64. The molecule has 2 nitrogen and oxygen atoms in total. The van der Waals surface area contributed by atoms with Gasteiger partial charge in [0.2, 0.25) is 0 Å². The highest BCUT2D eigenvalue weighted by molar-refractivity contribution is 8.13. The molecule has 0 spiro atoms. The number of aliphatic imine (C=N–C) groups is 1. The van der Waals surface area contributed by atoms with Gasteiger partial charge in [0.25, 0.3) is 0 Å². The summed E-state index contributed by atoms with van der Waals surface area (Å²) in [5.74, 6) is 2.12. The summed E-state index contributed by atoms with van der Waals surface area (Å²) in [6.45, 7) is 9.64. The first kappa shape index (κ1) is 13.8. The normalized spacial score (nSPS) is 46.5. The third kappa shape index (κ3) is 2.22. The number of hydrogen-bond donors (Lipinski definition) is 1. The molecule has 2 saturated carbocycles. The van der Waals surface area contributed by atoms with E-state index in [0.29, 0.717) is 22.9 Å². The lowest BCUT2D eigenvalue weighted by Gasteiger charge is -2.41. The molecule has 3 fully saturated rings. The summed E-state index contributed by atoms with van der Waals surface area (Å²) in [6.07, 6.45) is 6.69. The van der Waals surface area contributed by atoms with Crippen molar-refractivity contribution in [3.63, 3.8) is 0 Å². The number of nitrogens with zero attached hydrogens (tertiary/aromatic N) is 1. The molecule has 3 heteroatoms. The molecule has 3 aliphatic rings. The van der Waals surface area contributed by atoms with Crippen LogP contribution in [0.5, 0.6) is 0 Å². The Morgan fingerprint density at radius 1 is 1.32 bits per heavy atom. The third-order valence-electron chi connectivity index (χ3n) is 5.97. The van der Waals surface area contributed by atoms with Gasteiger partial charge in [-0.2, -0.15) is 0 Å². The van der Waals surface area contributed by atoms with E-state index in [1.165, 1.54) is 43.0 Å². The lowest BCUT2D eigenvalue weighted by atomic mass is 9.69. The van der Waals surface area contributed by atoms with E-state index in [-0.39, 0.29) is 0 Å². The van der Waals surface area contributed by atoms with Crippen LogP contribution in [0.2, 0.25) is 0 Å². The highest BCUT2D eigenvalue weighted by Crippen LogP contribution is 2.63. The Bertz CT molecular complexity index is 385. The fraction of sp³-hybridized carbons (Fsp3) is 0.938. The van der Waals surface area contributed by atoms with E-state index < -0.39 is 0 Å². The van der Waals surface area contributed by atoms with Gasteiger partial charge in [-0.15, -0.1) is 0 Å².